The van der Waals surface area contributed by atoms with Crippen LogP contribution in [0.4, 0.5) is 5.82 Å². The Hall–Kier alpha value is -1.82. The Morgan fingerprint density at radius 1 is 1.19 bits per heavy atom. The highest BCUT2D eigenvalue weighted by Gasteiger charge is 2.31. The second-order valence-corrected chi connectivity index (χ2v) is 13.3. The van der Waals surface area contributed by atoms with Crippen LogP contribution < -0.4 is 5.32 Å². The number of aromatic nitrogens is 2. The van der Waals surface area contributed by atoms with Gasteiger partial charge in [-0.1, -0.05) is 0 Å². The third kappa shape index (κ3) is 5.84. The number of nitrogens with zero attached hydrogens (tertiary/aromatic N) is 4. The number of rotatable bonds is 9. The number of hydrogen-bond donors (Lipinski definition) is 1. The monoisotopic (exact) mass is 535 g/mol. The molecule has 1 N–H and O–H groups in total. The van der Waals surface area contributed by atoms with E-state index < -0.39 is 10.1 Å². The number of nitrogens with one attached hydrogen (secondary N) is 1. The van der Waals surface area contributed by atoms with Gasteiger partial charge in [0, 0.05) is 30.1 Å². The highest BCUT2D eigenvalue weighted by atomic mass is 32.2. The molecule has 1 atom stereocenters. The van der Waals surface area contributed by atoms with E-state index in [9.17, 15) is 13.2 Å². The maximum Gasteiger partial charge on any atom is 0.264 e. The quantitative estimate of drug-likeness (QED) is 0.488. The Morgan fingerprint density at radius 3 is 2.67 bits per heavy atom. The molecule has 198 valence electrons. The summed E-state index contributed by atoms with van der Waals surface area (Å²) >= 11 is 1.73. The molecule has 36 heavy (non-hydrogen) atoms. The minimum absolute atomic E-state index is 0.203. The fourth-order valence-corrected chi connectivity index (χ4v) is 7.71. The van der Waals surface area contributed by atoms with Crippen LogP contribution in [0.25, 0.3) is 10.2 Å². The van der Waals surface area contributed by atoms with Gasteiger partial charge in [-0.15, -0.1) is 11.3 Å². The average Bonchev–Trinajstić information content (AvgIpc) is 3.57. The van der Waals surface area contributed by atoms with Gasteiger partial charge in [-0.3, -0.25) is 13.9 Å². The van der Waals surface area contributed by atoms with Gasteiger partial charge >= 0.3 is 0 Å². The molecule has 0 bridgehead atoms. The molecule has 0 aromatic carbocycles. The van der Waals surface area contributed by atoms with Crippen LogP contribution in [0.1, 0.15) is 67.7 Å². The lowest BCUT2D eigenvalue weighted by atomic mass is 9.90. The molecule has 3 heterocycles. The zero-order valence-corrected chi connectivity index (χ0v) is 22.9. The van der Waals surface area contributed by atoms with Gasteiger partial charge in [0.15, 0.2) is 0 Å². The highest BCUT2D eigenvalue weighted by molar-refractivity contribution is 7.85. The van der Waals surface area contributed by atoms with Crippen LogP contribution in [0.3, 0.4) is 0 Å². The smallest absolute Gasteiger partial charge is 0.264 e. The third-order valence-electron chi connectivity index (χ3n) is 8.00. The Morgan fingerprint density at radius 2 is 1.94 bits per heavy atom. The van der Waals surface area contributed by atoms with Gasteiger partial charge in [-0.2, -0.15) is 8.42 Å². The number of likely N-dealkylation sites (N-methyl/N-ethyl adjacent to an activating group) is 1. The lowest BCUT2D eigenvalue weighted by Gasteiger charge is -2.35. The Bertz CT molecular complexity index is 1190. The average molecular weight is 536 g/mol. The second kappa shape index (κ2) is 10.9. The summed E-state index contributed by atoms with van der Waals surface area (Å²) in [6, 6.07) is 0.774. The molecule has 2 fully saturated rings. The van der Waals surface area contributed by atoms with Crippen molar-refractivity contribution in [2.75, 3.05) is 44.9 Å². The standard InChI is InChI=1S/C25H37N5O4S2/c1-29(15-21(31)30-12-3-4-13-30)19-8-6-18(7-9-19)28-24-23-22-17(11-14-34-36(2,32)33)5-10-20(22)35-25(23)27-16-26-24/h16-19H,3-15H2,1-2H3,(H,26,27,28)/t17-,18?,19?/m1/s1. The van der Waals surface area contributed by atoms with Crippen molar-refractivity contribution in [3.8, 4) is 0 Å². The zero-order chi connectivity index (χ0) is 25.3. The van der Waals surface area contributed by atoms with E-state index in [0.717, 1.165) is 86.7 Å². The molecule has 0 unspecified atom stereocenters. The number of anilines is 1. The second-order valence-electron chi connectivity index (χ2n) is 10.5. The van der Waals surface area contributed by atoms with Gasteiger partial charge in [0.1, 0.15) is 17.0 Å². The molecule has 2 aliphatic carbocycles. The maximum absolute atomic E-state index is 12.6. The van der Waals surface area contributed by atoms with Crippen LogP contribution in [0.15, 0.2) is 6.33 Å². The first-order valence-electron chi connectivity index (χ1n) is 13.1. The van der Waals surface area contributed by atoms with Gasteiger partial charge in [-0.25, -0.2) is 9.97 Å². The molecule has 0 radical (unpaired) electrons. The van der Waals surface area contributed by atoms with Gasteiger partial charge < -0.3 is 10.2 Å². The van der Waals surface area contributed by atoms with E-state index in [-0.39, 0.29) is 18.4 Å². The highest BCUT2D eigenvalue weighted by Crippen LogP contribution is 2.46. The minimum Gasteiger partial charge on any atom is -0.367 e. The largest absolute Gasteiger partial charge is 0.367 e. The summed E-state index contributed by atoms with van der Waals surface area (Å²) in [5.41, 5.74) is 1.28. The van der Waals surface area contributed by atoms with Gasteiger partial charge in [0.2, 0.25) is 5.91 Å². The zero-order valence-electron chi connectivity index (χ0n) is 21.2. The van der Waals surface area contributed by atoms with Crippen molar-refractivity contribution < 1.29 is 17.4 Å². The number of fused-ring (bicyclic) bond motifs is 3. The lowest BCUT2D eigenvalue weighted by molar-refractivity contribution is -0.131. The fourth-order valence-electron chi connectivity index (χ4n) is 6.07. The molecule has 1 amide bonds. The molecule has 5 rings (SSSR count). The first-order chi connectivity index (χ1) is 17.3. The van der Waals surface area contributed by atoms with Crippen LogP contribution >= 0.6 is 11.3 Å². The van der Waals surface area contributed by atoms with Crippen LogP contribution in [0.2, 0.25) is 0 Å². The molecular formula is C25H37N5O4S2. The van der Waals surface area contributed by atoms with E-state index in [2.05, 4.69) is 27.2 Å². The Kier molecular flexibility index (Phi) is 7.81. The first-order valence-corrected chi connectivity index (χ1v) is 15.8. The van der Waals surface area contributed by atoms with Crippen molar-refractivity contribution in [3.05, 3.63) is 16.8 Å². The normalized spacial score (nSPS) is 24.5. The minimum atomic E-state index is -3.43. The number of thiophene rings is 1. The van der Waals surface area contributed by atoms with Crippen LogP contribution in [0.5, 0.6) is 0 Å². The fraction of sp³-hybridized carbons (Fsp3) is 0.720. The Balaban J connectivity index is 1.21. The summed E-state index contributed by atoms with van der Waals surface area (Å²) in [6.45, 7) is 2.54. The van der Waals surface area contributed by atoms with Crippen molar-refractivity contribution in [2.24, 2.45) is 0 Å². The molecule has 3 aliphatic rings. The van der Waals surface area contributed by atoms with E-state index in [0.29, 0.717) is 25.0 Å². The number of aryl methyl sites for hydroxylation is 1. The summed E-state index contributed by atoms with van der Waals surface area (Å²) in [4.78, 5) is 28.3. The van der Waals surface area contributed by atoms with Crippen molar-refractivity contribution in [1.29, 1.82) is 0 Å². The van der Waals surface area contributed by atoms with Crippen molar-refractivity contribution in [1.82, 2.24) is 19.8 Å². The first kappa shape index (κ1) is 25.8. The predicted molar refractivity (Wildman–Crippen MR) is 142 cm³/mol. The number of carbonyl (C=O) groups is 1. The number of likely N-dealkylation sites (tertiary alicyclic amines) is 1. The van der Waals surface area contributed by atoms with Crippen LogP contribution in [-0.4, -0.2) is 85.7 Å². The molecular weight excluding hydrogens is 498 g/mol. The maximum atomic E-state index is 12.6. The third-order valence-corrected chi connectivity index (χ3v) is 9.77. The molecule has 1 saturated carbocycles. The Labute approximate surface area is 217 Å². The summed E-state index contributed by atoms with van der Waals surface area (Å²) in [5.74, 6) is 1.43. The lowest BCUT2D eigenvalue weighted by Crippen LogP contribution is -2.44. The van der Waals surface area contributed by atoms with E-state index >= 15 is 0 Å². The van der Waals surface area contributed by atoms with Crippen LogP contribution in [-0.2, 0) is 25.5 Å². The number of amides is 1. The van der Waals surface area contributed by atoms with Gasteiger partial charge in [-0.05, 0) is 76.3 Å². The molecule has 0 spiro atoms. The molecule has 2 aromatic rings. The van der Waals surface area contributed by atoms with Crippen LogP contribution in [0, 0.1) is 0 Å². The molecule has 2 aromatic heterocycles. The summed E-state index contributed by atoms with van der Waals surface area (Å²) in [5, 5.41) is 4.83. The van der Waals surface area contributed by atoms with Crippen molar-refractivity contribution in [3.63, 3.8) is 0 Å². The van der Waals surface area contributed by atoms with E-state index in [1.807, 2.05) is 4.90 Å². The van der Waals surface area contributed by atoms with Crippen molar-refractivity contribution >= 4 is 43.4 Å². The number of hydrogen-bond acceptors (Lipinski definition) is 9. The van der Waals surface area contributed by atoms with E-state index in [1.165, 1.54) is 10.4 Å². The summed E-state index contributed by atoms with van der Waals surface area (Å²) in [7, 11) is -1.34. The molecule has 1 aliphatic heterocycles. The van der Waals surface area contributed by atoms with Gasteiger partial charge in [0.05, 0.1) is 24.8 Å². The van der Waals surface area contributed by atoms with Gasteiger partial charge in [0.25, 0.3) is 10.1 Å². The SMILES string of the molecule is CN(CC(=O)N1CCCC1)C1CCC(Nc2ncnc3sc4c(c23)[C@@H](CCOS(C)(=O)=O)CC4)CC1. The predicted octanol–water partition coefficient (Wildman–Crippen LogP) is 3.36. The molecule has 1 saturated heterocycles. The summed E-state index contributed by atoms with van der Waals surface area (Å²) < 4.78 is 27.8. The molecule has 9 nitrogen and oxygen atoms in total. The van der Waals surface area contributed by atoms with E-state index in [1.54, 1.807) is 17.7 Å². The van der Waals surface area contributed by atoms with Crippen molar-refractivity contribution in [2.45, 2.75) is 75.8 Å². The summed E-state index contributed by atoms with van der Waals surface area (Å²) in [6.07, 6.45) is 11.9. The topological polar surface area (TPSA) is 105 Å². The number of carbonyl (C=O) groups excluding carboxylic acids is 1. The van der Waals surface area contributed by atoms with E-state index in [4.69, 9.17) is 4.18 Å². The molecule has 11 heteroatoms.